The number of carboxylic acids is 1. The number of aryl methyl sites for hydroxylation is 1. The minimum absolute atomic E-state index is 0.0860. The molecule has 2 saturated heterocycles. The summed E-state index contributed by atoms with van der Waals surface area (Å²) in [4.78, 5) is 24.7. The van der Waals surface area contributed by atoms with Gasteiger partial charge in [0.25, 0.3) is 0 Å². The maximum atomic E-state index is 14.2. The van der Waals surface area contributed by atoms with Crippen molar-refractivity contribution in [1.82, 2.24) is 10.2 Å². The molecule has 4 fully saturated rings. The van der Waals surface area contributed by atoms with Crippen LogP contribution in [0.1, 0.15) is 75.8 Å². The van der Waals surface area contributed by atoms with Crippen LogP contribution in [0.25, 0.3) is 21.9 Å². The number of alkyl halides is 1. The van der Waals surface area contributed by atoms with Crippen molar-refractivity contribution >= 4 is 22.6 Å². The Morgan fingerprint density at radius 1 is 0.941 bits per heavy atom. The lowest BCUT2D eigenvalue weighted by molar-refractivity contribution is -0.179. The lowest BCUT2D eigenvalue weighted by Crippen LogP contribution is -2.51. The molecule has 3 aromatic carbocycles. The monoisotopic (exact) mass is 705 g/mol. The number of amides is 1. The summed E-state index contributed by atoms with van der Waals surface area (Å²) in [7, 11) is 3.31. The van der Waals surface area contributed by atoms with Gasteiger partial charge >= 0.3 is 5.97 Å². The molecule has 1 spiro atoms. The van der Waals surface area contributed by atoms with E-state index in [0.717, 1.165) is 84.6 Å². The van der Waals surface area contributed by atoms with Gasteiger partial charge in [-0.25, -0.2) is 4.39 Å². The van der Waals surface area contributed by atoms with E-state index >= 15 is 0 Å². The van der Waals surface area contributed by atoms with E-state index in [1.165, 1.54) is 0 Å². The number of aliphatic carboxylic acids is 1. The number of hydrogen-bond donors (Lipinski definition) is 3. The van der Waals surface area contributed by atoms with Gasteiger partial charge < -0.3 is 35.1 Å². The van der Waals surface area contributed by atoms with Gasteiger partial charge in [0, 0.05) is 44.9 Å². The van der Waals surface area contributed by atoms with E-state index in [9.17, 15) is 14.0 Å². The molecule has 0 bridgehead atoms. The molecule has 2 aliphatic heterocycles. The molecule has 0 unspecified atom stereocenters. The highest BCUT2D eigenvalue weighted by atomic mass is 19.1. The third kappa shape index (κ3) is 8.65. The zero-order valence-electron chi connectivity index (χ0n) is 30.1. The maximum Gasteiger partial charge on any atom is 0.303 e. The Kier molecular flexibility index (Phi) is 11.2. The molecule has 0 radical (unpaired) electrons. The molecule has 2 aliphatic carbocycles. The second-order valence-corrected chi connectivity index (χ2v) is 14.7. The Morgan fingerprint density at radius 2 is 1.55 bits per heavy atom. The number of nitrogens with two attached hydrogens (primary N) is 1. The summed E-state index contributed by atoms with van der Waals surface area (Å²) in [6.07, 6.45) is 7.23. The topological polar surface area (TPSA) is 133 Å². The van der Waals surface area contributed by atoms with Gasteiger partial charge in [0.05, 0.1) is 38.5 Å². The van der Waals surface area contributed by atoms with E-state index < -0.39 is 17.2 Å². The molecular formula is C40H52FN3O7. The molecule has 0 aromatic heterocycles. The molecule has 1 amide bonds. The highest BCUT2D eigenvalue weighted by molar-refractivity contribution is 6.01. The van der Waals surface area contributed by atoms with Crippen LogP contribution in [0.2, 0.25) is 0 Å². The van der Waals surface area contributed by atoms with Gasteiger partial charge in [0.1, 0.15) is 17.2 Å². The van der Waals surface area contributed by atoms with Crippen LogP contribution in [-0.4, -0.2) is 85.4 Å². The number of primary amides is 1. The first-order valence-electron chi connectivity index (χ1n) is 18.2. The van der Waals surface area contributed by atoms with Gasteiger partial charge in [-0.2, -0.15) is 0 Å². The lowest BCUT2D eigenvalue weighted by Gasteiger charge is -2.36. The SMILES string of the molecule is COc1cc(CN2CCC(C)(F)CC2)cc(OC)c1-c1cccc2c(CCC(=O)O)cccc12.NC(=O)C1(NC2CCC3(CC2)OCCO3)CC1. The number of carbonyl (C=O) groups is 2. The van der Waals surface area contributed by atoms with E-state index in [0.29, 0.717) is 56.6 Å². The zero-order chi connectivity index (χ0) is 36.2. The summed E-state index contributed by atoms with van der Waals surface area (Å²) in [5.41, 5.74) is 7.84. The van der Waals surface area contributed by atoms with Crippen molar-refractivity contribution < 1.29 is 38.0 Å². The number of piperidine rings is 1. The van der Waals surface area contributed by atoms with Gasteiger partial charge in [-0.1, -0.05) is 36.4 Å². The van der Waals surface area contributed by atoms with Crippen LogP contribution in [0.3, 0.4) is 0 Å². The third-order valence-corrected chi connectivity index (χ3v) is 11.0. The van der Waals surface area contributed by atoms with Gasteiger partial charge in [0.2, 0.25) is 5.91 Å². The number of carbonyl (C=O) groups excluding carboxylic acids is 1. The van der Waals surface area contributed by atoms with Crippen LogP contribution < -0.4 is 20.5 Å². The van der Waals surface area contributed by atoms with E-state index in [-0.39, 0.29) is 18.1 Å². The van der Waals surface area contributed by atoms with Crippen molar-refractivity contribution in [3.63, 3.8) is 0 Å². The molecule has 4 N–H and O–H groups in total. The molecule has 10 nitrogen and oxygen atoms in total. The van der Waals surface area contributed by atoms with Gasteiger partial charge in [-0.05, 0) is 91.5 Å². The summed E-state index contributed by atoms with van der Waals surface area (Å²) in [5, 5.41) is 14.6. The Morgan fingerprint density at radius 3 is 2.12 bits per heavy atom. The largest absolute Gasteiger partial charge is 0.496 e. The fourth-order valence-electron chi connectivity index (χ4n) is 7.78. The highest BCUT2D eigenvalue weighted by Crippen LogP contribution is 2.44. The number of halogens is 1. The van der Waals surface area contributed by atoms with Crippen molar-refractivity contribution in [2.45, 2.75) is 101 Å². The Labute approximate surface area is 299 Å². The Bertz CT molecular complexity index is 1670. The van der Waals surface area contributed by atoms with Crippen molar-refractivity contribution in [3.05, 3.63) is 59.7 Å². The lowest BCUT2D eigenvalue weighted by atomic mass is 9.89. The van der Waals surface area contributed by atoms with Crippen molar-refractivity contribution in [2.75, 3.05) is 40.5 Å². The molecule has 2 heterocycles. The van der Waals surface area contributed by atoms with Crippen LogP contribution in [0.5, 0.6) is 11.5 Å². The molecule has 3 aromatic rings. The maximum absolute atomic E-state index is 14.2. The summed E-state index contributed by atoms with van der Waals surface area (Å²) >= 11 is 0. The smallest absolute Gasteiger partial charge is 0.303 e. The zero-order valence-corrected chi connectivity index (χ0v) is 30.1. The van der Waals surface area contributed by atoms with Crippen LogP contribution in [0, 0.1) is 0 Å². The number of hydrogen-bond acceptors (Lipinski definition) is 8. The number of benzene rings is 3. The number of rotatable bonds is 11. The van der Waals surface area contributed by atoms with Gasteiger partial charge in [0.15, 0.2) is 5.79 Å². The summed E-state index contributed by atoms with van der Waals surface area (Å²) < 4.78 is 37.2. The second kappa shape index (κ2) is 15.5. The second-order valence-electron chi connectivity index (χ2n) is 14.7. The van der Waals surface area contributed by atoms with Crippen LogP contribution in [0.15, 0.2) is 48.5 Å². The number of carboxylic acid groups (broad SMARTS) is 1. The first-order valence-corrected chi connectivity index (χ1v) is 18.2. The molecular weight excluding hydrogens is 653 g/mol. The van der Waals surface area contributed by atoms with Crippen LogP contribution >= 0.6 is 0 Å². The van der Waals surface area contributed by atoms with E-state index in [1.807, 2.05) is 48.5 Å². The third-order valence-electron chi connectivity index (χ3n) is 11.0. The Balaban J connectivity index is 0.000000219. The molecule has 276 valence electrons. The fraction of sp³-hybridized carbons (Fsp3) is 0.550. The fourth-order valence-corrected chi connectivity index (χ4v) is 7.78. The molecule has 2 saturated carbocycles. The molecule has 4 aliphatic rings. The van der Waals surface area contributed by atoms with E-state index in [2.05, 4.69) is 10.2 Å². The van der Waals surface area contributed by atoms with Crippen LogP contribution in [0.4, 0.5) is 4.39 Å². The number of ether oxygens (including phenoxy) is 4. The number of nitrogens with one attached hydrogen (secondary N) is 1. The Hall–Kier alpha value is -3.77. The summed E-state index contributed by atoms with van der Waals surface area (Å²) in [6.45, 7) is 5.26. The first kappa shape index (κ1) is 37.0. The van der Waals surface area contributed by atoms with Crippen LogP contribution in [-0.2, 0) is 32.0 Å². The number of fused-ring (bicyclic) bond motifs is 1. The molecule has 51 heavy (non-hydrogen) atoms. The first-order chi connectivity index (χ1) is 24.5. The number of likely N-dealkylation sites (tertiary alicyclic amines) is 1. The highest BCUT2D eigenvalue weighted by Gasteiger charge is 2.51. The van der Waals surface area contributed by atoms with E-state index in [4.69, 9.17) is 29.8 Å². The predicted molar refractivity (Wildman–Crippen MR) is 194 cm³/mol. The minimum atomic E-state index is -1.08. The predicted octanol–water partition coefficient (Wildman–Crippen LogP) is 6.14. The number of nitrogens with zero attached hydrogens (tertiary/aromatic N) is 1. The molecule has 11 heteroatoms. The minimum Gasteiger partial charge on any atom is -0.496 e. The average molecular weight is 706 g/mol. The van der Waals surface area contributed by atoms with E-state index in [1.54, 1.807) is 21.1 Å². The van der Waals surface area contributed by atoms with Gasteiger partial charge in [-0.3, -0.25) is 14.5 Å². The standard InChI is InChI=1S/C28H32FNO4.C12H20N2O3/c1-28(29)12-14-30(15-13-28)18-19-16-24(33-2)27(25(17-19)34-3)23-9-5-7-21-20(10-11-26(31)32)6-4-8-22(21)23;13-10(15)11(5-6-11)14-9-1-3-12(4-2-9)16-7-8-17-12/h4-9,16-17H,10-15,18H2,1-3H3,(H,31,32);9,14H,1-8H2,(H2,13,15). The molecule has 0 atom stereocenters. The van der Waals surface area contributed by atoms with Crippen molar-refractivity contribution in [2.24, 2.45) is 5.73 Å². The molecule has 7 rings (SSSR count). The number of methoxy groups -OCH3 is 2. The average Bonchev–Trinajstić information content (AvgIpc) is 3.78. The summed E-state index contributed by atoms with van der Waals surface area (Å²) in [5.74, 6) is 0.0973. The normalized spacial score (nSPS) is 20.8. The van der Waals surface area contributed by atoms with Crippen molar-refractivity contribution in [3.8, 4) is 22.6 Å². The van der Waals surface area contributed by atoms with Crippen molar-refractivity contribution in [1.29, 1.82) is 0 Å². The quantitative estimate of drug-likeness (QED) is 0.215. The summed E-state index contributed by atoms with van der Waals surface area (Å²) in [6, 6.07) is 16.5. The van der Waals surface area contributed by atoms with Gasteiger partial charge in [-0.15, -0.1) is 0 Å².